The van der Waals surface area contributed by atoms with Gasteiger partial charge in [-0.3, -0.25) is 9.48 Å². The molecule has 1 fully saturated rings. The molecule has 0 saturated heterocycles. The molecule has 0 spiro atoms. The van der Waals surface area contributed by atoms with Gasteiger partial charge in [0.15, 0.2) is 0 Å². The van der Waals surface area contributed by atoms with Crippen LogP contribution in [-0.2, 0) is 13.6 Å². The molecular weight excluding hydrogens is 426 g/mol. The Morgan fingerprint density at radius 2 is 1.82 bits per heavy atom. The largest absolute Gasteiger partial charge is 0.344 e. The summed E-state index contributed by atoms with van der Waals surface area (Å²) in [6, 6.07) is 16.9. The molecule has 0 unspecified atom stereocenters. The average Bonchev–Trinajstić information content (AvgIpc) is 3.49. The predicted molar refractivity (Wildman–Crippen MR) is 127 cm³/mol. The van der Waals surface area contributed by atoms with E-state index in [1.165, 1.54) is 4.68 Å². The zero-order valence-electron chi connectivity index (χ0n) is 18.4. The van der Waals surface area contributed by atoms with Gasteiger partial charge < -0.3 is 4.57 Å². The molecule has 3 heterocycles. The summed E-state index contributed by atoms with van der Waals surface area (Å²) in [5.74, 6) is 0.548. The van der Waals surface area contributed by atoms with E-state index in [-0.39, 0.29) is 5.56 Å². The number of benzene rings is 2. The van der Waals surface area contributed by atoms with Crippen LogP contribution in [0.1, 0.15) is 24.0 Å². The van der Waals surface area contributed by atoms with Gasteiger partial charge in [-0.25, -0.2) is 0 Å². The summed E-state index contributed by atoms with van der Waals surface area (Å²) in [5, 5.41) is 29.1. The van der Waals surface area contributed by atoms with Crippen molar-refractivity contribution in [3.05, 3.63) is 76.3 Å². The standard InChI is InChI=1S/C26H19N7O/c1-31-14-19-10-21(8-9-22(19)29-31)33-26(34)23(18-6-4-16(11-27)5-7-18)25-24(30-33)20(12-28)15-32(25)13-17-2-3-17/h4-10,14-15,17H,2-3,13H2,1H3. The number of aryl methyl sites for hydroxylation is 1. The lowest BCUT2D eigenvalue weighted by atomic mass is 10.0. The van der Waals surface area contributed by atoms with Crippen LogP contribution in [0.2, 0.25) is 0 Å². The van der Waals surface area contributed by atoms with Gasteiger partial charge in [0.05, 0.1) is 39.5 Å². The molecular formula is C26H19N7O. The quantitative estimate of drug-likeness (QED) is 0.417. The summed E-state index contributed by atoms with van der Waals surface area (Å²) in [5.41, 5.74) is 4.41. The normalized spacial score (nSPS) is 13.3. The second kappa shape index (κ2) is 7.43. The van der Waals surface area contributed by atoms with E-state index in [2.05, 4.69) is 22.3 Å². The summed E-state index contributed by atoms with van der Waals surface area (Å²) in [4.78, 5) is 13.9. The van der Waals surface area contributed by atoms with E-state index in [0.29, 0.717) is 44.9 Å². The van der Waals surface area contributed by atoms with Gasteiger partial charge in [-0.05, 0) is 54.7 Å². The summed E-state index contributed by atoms with van der Waals surface area (Å²) >= 11 is 0. The molecule has 0 N–H and O–H groups in total. The van der Waals surface area contributed by atoms with Crippen molar-refractivity contribution in [1.82, 2.24) is 24.1 Å². The monoisotopic (exact) mass is 445 g/mol. The average molecular weight is 445 g/mol. The first-order valence-corrected chi connectivity index (χ1v) is 11.1. The molecule has 6 rings (SSSR count). The predicted octanol–water partition coefficient (Wildman–Crippen LogP) is 3.89. The first-order chi connectivity index (χ1) is 16.6. The van der Waals surface area contributed by atoms with Gasteiger partial charge in [-0.1, -0.05) is 12.1 Å². The van der Waals surface area contributed by atoms with Gasteiger partial charge in [-0.2, -0.15) is 25.4 Å². The van der Waals surface area contributed by atoms with E-state index < -0.39 is 0 Å². The highest BCUT2D eigenvalue weighted by atomic mass is 16.1. The van der Waals surface area contributed by atoms with Crippen LogP contribution in [-0.4, -0.2) is 24.1 Å². The molecule has 1 aliphatic rings. The zero-order chi connectivity index (χ0) is 23.4. The molecule has 3 aromatic heterocycles. The van der Waals surface area contributed by atoms with Gasteiger partial charge >= 0.3 is 0 Å². The zero-order valence-corrected chi connectivity index (χ0v) is 18.4. The number of nitrogens with zero attached hydrogens (tertiary/aromatic N) is 7. The highest BCUT2D eigenvalue weighted by Crippen LogP contribution is 2.35. The Labute approximate surface area is 194 Å². The Balaban J connectivity index is 1.67. The molecule has 0 amide bonds. The van der Waals surface area contributed by atoms with Crippen LogP contribution in [0, 0.1) is 28.6 Å². The molecule has 0 aliphatic heterocycles. The van der Waals surface area contributed by atoms with Gasteiger partial charge in [0, 0.05) is 31.4 Å². The van der Waals surface area contributed by atoms with Crippen LogP contribution < -0.4 is 5.56 Å². The van der Waals surface area contributed by atoms with E-state index in [9.17, 15) is 15.3 Å². The van der Waals surface area contributed by atoms with Gasteiger partial charge in [0.1, 0.15) is 11.6 Å². The maximum absolute atomic E-state index is 13.9. The smallest absolute Gasteiger partial charge is 0.281 e. The van der Waals surface area contributed by atoms with E-state index in [1.54, 1.807) is 35.1 Å². The summed E-state index contributed by atoms with van der Waals surface area (Å²) in [7, 11) is 1.85. The van der Waals surface area contributed by atoms with E-state index in [1.807, 2.05) is 36.0 Å². The highest BCUT2D eigenvalue weighted by Gasteiger charge is 2.26. The van der Waals surface area contributed by atoms with E-state index in [4.69, 9.17) is 0 Å². The Hall–Kier alpha value is -4.69. The van der Waals surface area contributed by atoms with Crippen LogP contribution in [0.25, 0.3) is 38.8 Å². The van der Waals surface area contributed by atoms with Gasteiger partial charge in [0.2, 0.25) is 0 Å². The van der Waals surface area contributed by atoms with Crippen LogP contribution >= 0.6 is 0 Å². The first kappa shape index (κ1) is 20.0. The molecule has 0 radical (unpaired) electrons. The molecule has 8 nitrogen and oxygen atoms in total. The van der Waals surface area contributed by atoms with E-state index in [0.717, 1.165) is 30.3 Å². The van der Waals surface area contributed by atoms with Crippen molar-refractivity contribution < 1.29 is 0 Å². The maximum atomic E-state index is 13.9. The van der Waals surface area contributed by atoms with Crippen molar-refractivity contribution in [2.24, 2.45) is 13.0 Å². The third-order valence-corrected chi connectivity index (χ3v) is 6.32. The van der Waals surface area contributed by atoms with Crippen molar-refractivity contribution in [3.8, 4) is 29.0 Å². The first-order valence-electron chi connectivity index (χ1n) is 11.1. The van der Waals surface area contributed by atoms with Crippen LogP contribution in [0.5, 0.6) is 0 Å². The van der Waals surface area contributed by atoms with E-state index >= 15 is 0 Å². The second-order valence-electron chi connectivity index (χ2n) is 8.77. The Bertz CT molecular complexity index is 1740. The van der Waals surface area contributed by atoms with Gasteiger partial charge in [-0.15, -0.1) is 0 Å². The fourth-order valence-corrected chi connectivity index (χ4v) is 4.48. The topological polar surface area (TPSA) is 105 Å². The third kappa shape index (κ3) is 3.16. The summed E-state index contributed by atoms with van der Waals surface area (Å²) < 4.78 is 5.09. The van der Waals surface area contributed by atoms with Crippen molar-refractivity contribution in [1.29, 1.82) is 10.5 Å². The maximum Gasteiger partial charge on any atom is 0.281 e. The van der Waals surface area contributed by atoms with Crippen LogP contribution in [0.3, 0.4) is 0 Å². The van der Waals surface area contributed by atoms with Crippen LogP contribution in [0.15, 0.2) is 59.7 Å². The third-order valence-electron chi connectivity index (χ3n) is 6.32. The summed E-state index contributed by atoms with van der Waals surface area (Å²) in [6.07, 6.45) is 5.97. The molecule has 34 heavy (non-hydrogen) atoms. The fourth-order valence-electron chi connectivity index (χ4n) is 4.48. The molecule has 1 saturated carbocycles. The molecule has 164 valence electrons. The Morgan fingerprint density at radius 3 is 2.53 bits per heavy atom. The minimum absolute atomic E-state index is 0.278. The lowest BCUT2D eigenvalue weighted by Crippen LogP contribution is -2.24. The molecule has 1 aliphatic carbocycles. The molecule has 8 heteroatoms. The van der Waals surface area contributed by atoms with Crippen molar-refractivity contribution in [3.63, 3.8) is 0 Å². The van der Waals surface area contributed by atoms with Crippen molar-refractivity contribution in [2.45, 2.75) is 19.4 Å². The minimum atomic E-state index is -0.278. The summed E-state index contributed by atoms with van der Waals surface area (Å²) in [6.45, 7) is 0.744. The SMILES string of the molecule is Cn1cc2cc(-n3nc4c(C#N)cn(CC5CC5)c4c(-c4ccc(C#N)cc4)c3=O)ccc2n1. The number of nitriles is 2. The lowest BCUT2D eigenvalue weighted by molar-refractivity contribution is 0.646. The highest BCUT2D eigenvalue weighted by molar-refractivity contribution is 5.95. The Morgan fingerprint density at radius 1 is 1.03 bits per heavy atom. The molecule has 2 aromatic carbocycles. The number of fused-ring (bicyclic) bond motifs is 2. The molecule has 0 bridgehead atoms. The number of rotatable bonds is 4. The second-order valence-corrected chi connectivity index (χ2v) is 8.77. The van der Waals surface area contributed by atoms with Crippen LogP contribution in [0.4, 0.5) is 0 Å². The minimum Gasteiger partial charge on any atom is -0.344 e. The number of hydrogen-bond acceptors (Lipinski definition) is 5. The molecule has 5 aromatic rings. The molecule has 0 atom stereocenters. The van der Waals surface area contributed by atoms with Gasteiger partial charge in [0.25, 0.3) is 5.56 Å². The number of aromatic nitrogens is 5. The Kier molecular flexibility index (Phi) is 4.36. The van der Waals surface area contributed by atoms with Crippen molar-refractivity contribution in [2.75, 3.05) is 0 Å². The number of hydrogen-bond donors (Lipinski definition) is 0. The fraction of sp³-hybridized carbons (Fsp3) is 0.192. The van der Waals surface area contributed by atoms with Crippen molar-refractivity contribution >= 4 is 21.9 Å². The lowest BCUT2D eigenvalue weighted by Gasteiger charge is -2.12.